The number of fused-ring (bicyclic) bond motifs is 1. The molecule has 9 nitrogen and oxygen atoms in total. The number of carbonyl (C=O) groups excluding carboxylic acids is 2. The smallest absolute Gasteiger partial charge is 0.359 e. The number of aromatic nitrogens is 4. The molecule has 0 aliphatic heterocycles. The molecule has 0 spiro atoms. The molecule has 0 bridgehead atoms. The van der Waals surface area contributed by atoms with Gasteiger partial charge in [-0.25, -0.2) is 14.5 Å². The van der Waals surface area contributed by atoms with E-state index in [0.29, 0.717) is 33.3 Å². The lowest BCUT2D eigenvalue weighted by atomic mass is 10.2. The second-order valence-corrected chi connectivity index (χ2v) is 6.22. The Morgan fingerprint density at radius 3 is 2.71 bits per heavy atom. The molecule has 0 saturated carbocycles. The van der Waals surface area contributed by atoms with Crippen LogP contribution in [-0.2, 0) is 4.84 Å². The predicted octanol–water partition coefficient (Wildman–Crippen LogP) is 2.68. The van der Waals surface area contributed by atoms with Crippen LogP contribution in [0.25, 0.3) is 17.0 Å². The van der Waals surface area contributed by atoms with Gasteiger partial charge in [-0.1, -0.05) is 29.8 Å². The number of H-pyrrole nitrogens is 1. The number of carbonyl (C=O) groups is 2. The van der Waals surface area contributed by atoms with Gasteiger partial charge in [0.2, 0.25) is 5.95 Å². The van der Waals surface area contributed by atoms with E-state index in [1.54, 1.807) is 36.4 Å². The number of amides is 1. The van der Waals surface area contributed by atoms with E-state index in [1.165, 1.54) is 17.1 Å². The zero-order valence-corrected chi connectivity index (χ0v) is 15.0. The summed E-state index contributed by atoms with van der Waals surface area (Å²) in [4.78, 5) is 35.4. The van der Waals surface area contributed by atoms with Crippen LogP contribution in [0.5, 0.6) is 0 Å². The number of nitrogens with zero attached hydrogens (tertiary/aromatic N) is 3. The van der Waals surface area contributed by atoms with Crippen LogP contribution in [0.2, 0.25) is 5.02 Å². The van der Waals surface area contributed by atoms with Crippen molar-refractivity contribution in [3.63, 3.8) is 0 Å². The van der Waals surface area contributed by atoms with Crippen LogP contribution in [0.4, 0.5) is 5.69 Å². The van der Waals surface area contributed by atoms with Crippen molar-refractivity contribution < 1.29 is 14.4 Å². The molecule has 1 amide bonds. The van der Waals surface area contributed by atoms with Gasteiger partial charge in [-0.2, -0.15) is 11.0 Å². The van der Waals surface area contributed by atoms with Crippen LogP contribution >= 0.6 is 11.6 Å². The number of hydrogen-bond acceptors (Lipinski definition) is 6. The molecular formula is C18H13ClN6O3. The van der Waals surface area contributed by atoms with E-state index in [9.17, 15) is 9.59 Å². The van der Waals surface area contributed by atoms with Gasteiger partial charge >= 0.3 is 5.97 Å². The van der Waals surface area contributed by atoms with Gasteiger partial charge in [0.05, 0.1) is 33.5 Å². The summed E-state index contributed by atoms with van der Waals surface area (Å²) in [6.45, 7) is 0. The van der Waals surface area contributed by atoms with Gasteiger partial charge in [0.1, 0.15) is 0 Å². The number of aromatic amines is 1. The fourth-order valence-electron chi connectivity index (χ4n) is 2.62. The highest BCUT2D eigenvalue weighted by Gasteiger charge is 2.14. The summed E-state index contributed by atoms with van der Waals surface area (Å²) in [6, 6.07) is 12.1. The summed E-state index contributed by atoms with van der Waals surface area (Å²) in [5.41, 5.74) is 2.31. The molecule has 2 aromatic heterocycles. The lowest BCUT2D eigenvalue weighted by Crippen LogP contribution is -2.11. The van der Waals surface area contributed by atoms with Gasteiger partial charge in [-0.15, -0.1) is 0 Å². The minimum Gasteiger partial charge on any atom is -0.370 e. The molecule has 140 valence electrons. The van der Waals surface area contributed by atoms with Gasteiger partial charge < -0.3 is 15.1 Å². The van der Waals surface area contributed by atoms with Crippen LogP contribution in [0.1, 0.15) is 20.7 Å². The minimum absolute atomic E-state index is 0.178. The SMILES string of the molecule is NOC(=O)c1cnn(-c2nc3cc(NC(=O)c4ccccc4)c(Cl)cc3[nH]2)c1. The number of nitrogens with one attached hydrogen (secondary N) is 2. The van der Waals surface area contributed by atoms with Gasteiger partial charge in [0, 0.05) is 11.8 Å². The Kier molecular flexibility index (Phi) is 4.52. The topological polar surface area (TPSA) is 128 Å². The first-order valence-electron chi connectivity index (χ1n) is 8.07. The van der Waals surface area contributed by atoms with E-state index >= 15 is 0 Å². The maximum absolute atomic E-state index is 12.4. The molecule has 4 N–H and O–H groups in total. The molecule has 4 rings (SSSR count). The van der Waals surface area contributed by atoms with Crippen LogP contribution in [0.3, 0.4) is 0 Å². The Balaban J connectivity index is 1.65. The average Bonchev–Trinajstić information content (AvgIpc) is 3.35. The Hall–Kier alpha value is -3.69. The number of hydrogen-bond donors (Lipinski definition) is 3. The van der Waals surface area contributed by atoms with Crippen molar-refractivity contribution in [2.75, 3.05) is 5.32 Å². The third-order valence-corrected chi connectivity index (χ3v) is 4.30. The Bertz CT molecular complexity index is 1180. The first kappa shape index (κ1) is 17.7. The van der Waals surface area contributed by atoms with E-state index < -0.39 is 5.97 Å². The third-order valence-electron chi connectivity index (χ3n) is 3.98. The molecule has 0 radical (unpaired) electrons. The van der Waals surface area contributed by atoms with E-state index in [2.05, 4.69) is 25.2 Å². The predicted molar refractivity (Wildman–Crippen MR) is 102 cm³/mol. The highest BCUT2D eigenvalue weighted by Crippen LogP contribution is 2.28. The summed E-state index contributed by atoms with van der Waals surface area (Å²) in [5.74, 6) is 4.23. The highest BCUT2D eigenvalue weighted by molar-refractivity contribution is 6.34. The molecule has 0 saturated heterocycles. The molecule has 4 aromatic rings. The zero-order chi connectivity index (χ0) is 19.7. The fraction of sp³-hybridized carbons (Fsp3) is 0. The number of anilines is 1. The summed E-state index contributed by atoms with van der Waals surface area (Å²) in [6.07, 6.45) is 2.73. The molecule has 2 heterocycles. The van der Waals surface area contributed by atoms with E-state index in [1.807, 2.05) is 6.07 Å². The third kappa shape index (κ3) is 3.31. The monoisotopic (exact) mass is 396 g/mol. The Morgan fingerprint density at radius 1 is 1.18 bits per heavy atom. The quantitative estimate of drug-likeness (QED) is 0.455. The van der Waals surface area contributed by atoms with Crippen molar-refractivity contribution in [2.24, 2.45) is 5.90 Å². The molecule has 0 fully saturated rings. The molecule has 10 heteroatoms. The van der Waals surface area contributed by atoms with Gasteiger partial charge in [0.25, 0.3) is 5.91 Å². The minimum atomic E-state index is -0.712. The maximum atomic E-state index is 12.4. The molecular weight excluding hydrogens is 384 g/mol. The van der Waals surface area contributed by atoms with Gasteiger partial charge in [-0.05, 0) is 24.3 Å². The molecule has 0 atom stereocenters. The largest absolute Gasteiger partial charge is 0.370 e. The number of rotatable bonds is 4. The Labute approximate surface area is 163 Å². The first-order chi connectivity index (χ1) is 13.5. The first-order valence-corrected chi connectivity index (χ1v) is 8.44. The summed E-state index contributed by atoms with van der Waals surface area (Å²) >= 11 is 6.29. The van der Waals surface area contributed by atoms with Crippen molar-refractivity contribution >= 4 is 40.2 Å². The second-order valence-electron chi connectivity index (χ2n) is 5.81. The van der Waals surface area contributed by atoms with Crippen molar-refractivity contribution in [3.8, 4) is 5.95 Å². The number of imidazole rings is 1. The standard InChI is InChI=1S/C18H13ClN6O3/c19-12-6-14-15(7-13(12)22-16(26)10-4-2-1-3-5-10)24-18(23-14)25-9-11(8-21-25)17(27)28-20/h1-9H,20H2,(H,22,26)(H,23,24). The van der Waals surface area contributed by atoms with Crippen molar-refractivity contribution in [1.29, 1.82) is 0 Å². The van der Waals surface area contributed by atoms with Gasteiger partial charge in [0.15, 0.2) is 0 Å². The molecule has 28 heavy (non-hydrogen) atoms. The van der Waals surface area contributed by atoms with Crippen LogP contribution in [-0.4, -0.2) is 31.6 Å². The lowest BCUT2D eigenvalue weighted by Gasteiger charge is -2.07. The number of nitrogens with two attached hydrogens (primary N) is 1. The lowest BCUT2D eigenvalue weighted by molar-refractivity contribution is 0.0503. The summed E-state index contributed by atoms with van der Waals surface area (Å²) in [5, 5.41) is 7.17. The fourth-order valence-corrected chi connectivity index (χ4v) is 2.83. The van der Waals surface area contributed by atoms with E-state index in [-0.39, 0.29) is 11.5 Å². The van der Waals surface area contributed by atoms with E-state index in [0.717, 1.165) is 0 Å². The second kappa shape index (κ2) is 7.14. The van der Waals surface area contributed by atoms with Crippen molar-refractivity contribution in [1.82, 2.24) is 19.7 Å². The van der Waals surface area contributed by atoms with Crippen LogP contribution in [0, 0.1) is 0 Å². The molecule has 0 unspecified atom stereocenters. The van der Waals surface area contributed by atoms with Crippen molar-refractivity contribution in [2.45, 2.75) is 0 Å². The number of benzene rings is 2. The summed E-state index contributed by atoms with van der Waals surface area (Å²) in [7, 11) is 0. The maximum Gasteiger partial charge on any atom is 0.359 e. The Morgan fingerprint density at radius 2 is 1.96 bits per heavy atom. The zero-order valence-electron chi connectivity index (χ0n) is 14.2. The summed E-state index contributed by atoms with van der Waals surface area (Å²) < 4.78 is 1.36. The highest BCUT2D eigenvalue weighted by atomic mass is 35.5. The molecule has 0 aliphatic rings. The van der Waals surface area contributed by atoms with E-state index in [4.69, 9.17) is 17.5 Å². The van der Waals surface area contributed by atoms with Crippen LogP contribution < -0.4 is 11.2 Å². The normalized spacial score (nSPS) is 10.8. The van der Waals surface area contributed by atoms with Crippen LogP contribution in [0.15, 0.2) is 54.9 Å². The molecule has 0 aliphatic carbocycles. The number of halogens is 1. The van der Waals surface area contributed by atoms with Gasteiger partial charge in [-0.3, -0.25) is 4.79 Å². The van der Waals surface area contributed by atoms with Crippen molar-refractivity contribution in [3.05, 3.63) is 71.0 Å². The molecule has 2 aromatic carbocycles. The average molecular weight is 397 g/mol.